The fourth-order valence-electron chi connectivity index (χ4n) is 1.43. The van der Waals surface area contributed by atoms with Crippen molar-refractivity contribution < 1.29 is 0 Å². The smallest absolute Gasteiger partial charge is 0.0624 e. The van der Waals surface area contributed by atoms with Crippen LogP contribution in [0.5, 0.6) is 0 Å². The minimum absolute atomic E-state index is 0.916. The molecule has 2 nitrogen and oxygen atoms in total. The van der Waals surface area contributed by atoms with Gasteiger partial charge in [0.05, 0.1) is 5.70 Å². The van der Waals surface area contributed by atoms with Crippen LogP contribution in [0.4, 0.5) is 0 Å². The minimum Gasteiger partial charge on any atom is -0.323 e. The lowest BCUT2D eigenvalue weighted by molar-refractivity contribution is 0.994. The number of hydrazine groups is 1. The summed E-state index contributed by atoms with van der Waals surface area (Å²) in [5.74, 6) is 5.54. The molecule has 0 atom stereocenters. The van der Waals surface area contributed by atoms with E-state index in [2.05, 4.69) is 17.6 Å². The molecule has 2 aromatic rings. The van der Waals surface area contributed by atoms with Gasteiger partial charge in [-0.1, -0.05) is 60.3 Å². The molecule has 2 aromatic carbocycles. The van der Waals surface area contributed by atoms with Crippen LogP contribution >= 0.6 is 11.8 Å². The Bertz CT molecular complexity index is 480. The van der Waals surface area contributed by atoms with Crippen molar-refractivity contribution in [1.29, 1.82) is 0 Å². The topological polar surface area (TPSA) is 38.0 Å². The van der Waals surface area contributed by atoms with Crippen molar-refractivity contribution in [3.05, 3.63) is 71.6 Å². The standard InChI is InChI=1S/C14H14N2S/c15-16-14(12-7-3-1-4-8-12)11-17-13-9-5-2-6-10-13/h1-11,16H,15H2/b14-11-. The van der Waals surface area contributed by atoms with Crippen molar-refractivity contribution in [2.45, 2.75) is 4.90 Å². The van der Waals surface area contributed by atoms with E-state index < -0.39 is 0 Å². The van der Waals surface area contributed by atoms with Crippen molar-refractivity contribution in [2.24, 2.45) is 5.84 Å². The first-order valence-corrected chi connectivity index (χ1v) is 6.22. The van der Waals surface area contributed by atoms with Crippen molar-refractivity contribution in [3.63, 3.8) is 0 Å². The summed E-state index contributed by atoms with van der Waals surface area (Å²) in [4.78, 5) is 1.19. The van der Waals surface area contributed by atoms with Gasteiger partial charge in [0.1, 0.15) is 0 Å². The van der Waals surface area contributed by atoms with Crippen LogP contribution in [0.15, 0.2) is 71.0 Å². The second-order valence-electron chi connectivity index (χ2n) is 3.47. The SMILES string of the molecule is NN/C(=C\Sc1ccccc1)c1ccccc1. The van der Waals surface area contributed by atoms with Crippen LogP contribution in [0, 0.1) is 0 Å². The van der Waals surface area contributed by atoms with E-state index in [1.165, 1.54) is 4.90 Å². The fourth-order valence-corrected chi connectivity index (χ4v) is 2.20. The van der Waals surface area contributed by atoms with Gasteiger partial charge in [-0.3, -0.25) is 5.84 Å². The average Bonchev–Trinajstić information content (AvgIpc) is 2.42. The zero-order valence-electron chi connectivity index (χ0n) is 9.34. The lowest BCUT2D eigenvalue weighted by Gasteiger charge is -2.06. The highest BCUT2D eigenvalue weighted by Crippen LogP contribution is 2.22. The van der Waals surface area contributed by atoms with E-state index >= 15 is 0 Å². The molecule has 17 heavy (non-hydrogen) atoms. The number of nitrogens with two attached hydrogens (primary N) is 1. The molecule has 3 N–H and O–H groups in total. The van der Waals surface area contributed by atoms with Gasteiger partial charge in [0.25, 0.3) is 0 Å². The van der Waals surface area contributed by atoms with Crippen molar-refractivity contribution in [1.82, 2.24) is 5.43 Å². The normalized spacial score (nSPS) is 11.2. The summed E-state index contributed by atoms with van der Waals surface area (Å²) in [6, 6.07) is 20.2. The summed E-state index contributed by atoms with van der Waals surface area (Å²) in [5, 5.41) is 2.02. The Labute approximate surface area is 106 Å². The molecule has 0 spiro atoms. The Kier molecular flexibility index (Phi) is 4.24. The molecule has 2 rings (SSSR count). The first-order valence-electron chi connectivity index (χ1n) is 5.34. The zero-order chi connectivity index (χ0) is 11.9. The molecule has 0 amide bonds. The summed E-state index contributed by atoms with van der Waals surface area (Å²) in [5.41, 5.74) is 4.73. The van der Waals surface area contributed by atoms with Gasteiger partial charge in [-0.05, 0) is 17.7 Å². The van der Waals surface area contributed by atoms with Crippen LogP contribution in [-0.4, -0.2) is 0 Å². The van der Waals surface area contributed by atoms with Crippen molar-refractivity contribution in [2.75, 3.05) is 0 Å². The third-order valence-corrected chi connectivity index (χ3v) is 3.19. The van der Waals surface area contributed by atoms with Gasteiger partial charge in [-0.25, -0.2) is 0 Å². The molecule has 0 saturated heterocycles. The van der Waals surface area contributed by atoms with Crippen LogP contribution < -0.4 is 11.3 Å². The molecular weight excluding hydrogens is 228 g/mol. The molecule has 0 saturated carbocycles. The number of thioether (sulfide) groups is 1. The summed E-state index contributed by atoms with van der Waals surface area (Å²) >= 11 is 1.64. The molecule has 0 aliphatic carbocycles. The maximum atomic E-state index is 5.54. The molecule has 0 aliphatic rings. The number of nitrogens with one attached hydrogen (secondary N) is 1. The summed E-state index contributed by atoms with van der Waals surface area (Å²) in [6.07, 6.45) is 0. The number of hydrogen-bond donors (Lipinski definition) is 2. The van der Waals surface area contributed by atoms with Crippen LogP contribution in [-0.2, 0) is 0 Å². The minimum atomic E-state index is 0.916. The van der Waals surface area contributed by atoms with E-state index in [1.807, 2.05) is 53.9 Å². The van der Waals surface area contributed by atoms with E-state index in [1.54, 1.807) is 11.8 Å². The molecule has 0 unspecified atom stereocenters. The number of hydrogen-bond acceptors (Lipinski definition) is 3. The highest BCUT2D eigenvalue weighted by Gasteiger charge is 1.98. The maximum Gasteiger partial charge on any atom is 0.0624 e. The Hall–Kier alpha value is -1.71. The Morgan fingerprint density at radius 3 is 2.12 bits per heavy atom. The largest absolute Gasteiger partial charge is 0.323 e. The monoisotopic (exact) mass is 242 g/mol. The Morgan fingerprint density at radius 2 is 1.53 bits per heavy atom. The Balaban J connectivity index is 2.14. The summed E-state index contributed by atoms with van der Waals surface area (Å²) in [7, 11) is 0. The lowest BCUT2D eigenvalue weighted by Crippen LogP contribution is -2.19. The zero-order valence-corrected chi connectivity index (χ0v) is 10.2. The van der Waals surface area contributed by atoms with Crippen LogP contribution in [0.3, 0.4) is 0 Å². The molecule has 3 heteroatoms. The average molecular weight is 242 g/mol. The van der Waals surface area contributed by atoms with Gasteiger partial charge in [0.2, 0.25) is 0 Å². The molecule has 86 valence electrons. The number of rotatable bonds is 4. The molecule has 0 radical (unpaired) electrons. The van der Waals surface area contributed by atoms with E-state index in [0.29, 0.717) is 0 Å². The molecule has 0 aromatic heterocycles. The predicted octanol–water partition coefficient (Wildman–Crippen LogP) is 3.24. The molecule has 0 aliphatic heterocycles. The van der Waals surface area contributed by atoms with Gasteiger partial charge in [-0.2, -0.15) is 0 Å². The maximum absolute atomic E-state index is 5.54. The van der Waals surface area contributed by atoms with Gasteiger partial charge < -0.3 is 5.43 Å². The van der Waals surface area contributed by atoms with Gasteiger partial charge in [0, 0.05) is 10.3 Å². The molecular formula is C14H14N2S. The Morgan fingerprint density at radius 1 is 0.941 bits per heavy atom. The highest BCUT2D eigenvalue weighted by atomic mass is 32.2. The first-order chi connectivity index (χ1) is 8.40. The quantitative estimate of drug-likeness (QED) is 0.491. The van der Waals surface area contributed by atoms with Gasteiger partial charge in [0.15, 0.2) is 0 Å². The molecule has 0 fully saturated rings. The number of benzene rings is 2. The highest BCUT2D eigenvalue weighted by molar-refractivity contribution is 8.02. The van der Waals surface area contributed by atoms with Crippen LogP contribution in [0.2, 0.25) is 0 Å². The van der Waals surface area contributed by atoms with Crippen molar-refractivity contribution in [3.8, 4) is 0 Å². The second-order valence-corrected chi connectivity index (χ2v) is 4.42. The van der Waals surface area contributed by atoms with E-state index in [4.69, 9.17) is 5.84 Å². The fraction of sp³-hybridized carbons (Fsp3) is 0. The third-order valence-electron chi connectivity index (χ3n) is 2.30. The lowest BCUT2D eigenvalue weighted by atomic mass is 10.2. The van der Waals surface area contributed by atoms with Crippen LogP contribution in [0.1, 0.15) is 5.56 Å². The van der Waals surface area contributed by atoms with E-state index in [-0.39, 0.29) is 0 Å². The molecule has 0 bridgehead atoms. The van der Waals surface area contributed by atoms with Gasteiger partial charge in [-0.15, -0.1) is 0 Å². The predicted molar refractivity (Wildman–Crippen MR) is 74.0 cm³/mol. The summed E-state index contributed by atoms with van der Waals surface area (Å²) < 4.78 is 0. The molecule has 0 heterocycles. The van der Waals surface area contributed by atoms with E-state index in [0.717, 1.165) is 11.3 Å². The second kappa shape index (κ2) is 6.13. The van der Waals surface area contributed by atoms with Crippen LogP contribution in [0.25, 0.3) is 5.70 Å². The summed E-state index contributed by atoms with van der Waals surface area (Å²) in [6.45, 7) is 0. The van der Waals surface area contributed by atoms with Crippen molar-refractivity contribution >= 4 is 17.5 Å². The van der Waals surface area contributed by atoms with Gasteiger partial charge >= 0.3 is 0 Å². The third kappa shape index (κ3) is 3.37. The first kappa shape index (κ1) is 11.8. The van der Waals surface area contributed by atoms with E-state index in [9.17, 15) is 0 Å².